The maximum absolute atomic E-state index is 12.0. The Labute approximate surface area is 123 Å². The third kappa shape index (κ3) is 3.68. The van der Waals surface area contributed by atoms with E-state index in [-0.39, 0.29) is 12.5 Å². The van der Waals surface area contributed by atoms with Crippen LogP contribution in [0.15, 0.2) is 18.2 Å². The highest BCUT2D eigenvalue weighted by Crippen LogP contribution is 2.19. The van der Waals surface area contributed by atoms with Gasteiger partial charge in [-0.05, 0) is 18.6 Å². The molecule has 6 heteroatoms. The number of benzene rings is 1. The highest BCUT2D eigenvalue weighted by molar-refractivity contribution is 7.80. The third-order valence-corrected chi connectivity index (χ3v) is 3.42. The van der Waals surface area contributed by atoms with Crippen LogP contribution in [0.5, 0.6) is 5.75 Å². The van der Waals surface area contributed by atoms with Gasteiger partial charge >= 0.3 is 0 Å². The maximum atomic E-state index is 12.0. The second-order valence-corrected chi connectivity index (χ2v) is 5.07. The van der Waals surface area contributed by atoms with Crippen molar-refractivity contribution in [1.29, 1.82) is 0 Å². The van der Waals surface area contributed by atoms with Crippen molar-refractivity contribution in [3.63, 3.8) is 0 Å². The van der Waals surface area contributed by atoms with Crippen LogP contribution in [-0.2, 0) is 9.53 Å². The van der Waals surface area contributed by atoms with Crippen LogP contribution in [-0.4, -0.2) is 48.7 Å². The van der Waals surface area contributed by atoms with E-state index in [4.69, 9.17) is 27.4 Å². The third-order valence-electron chi connectivity index (χ3n) is 3.19. The van der Waals surface area contributed by atoms with Gasteiger partial charge in [0.1, 0.15) is 10.7 Å². The van der Waals surface area contributed by atoms with E-state index in [2.05, 4.69) is 0 Å². The Kier molecular flexibility index (Phi) is 4.92. The summed E-state index contributed by atoms with van der Waals surface area (Å²) in [4.78, 5) is 14.1. The number of amides is 1. The van der Waals surface area contributed by atoms with Crippen LogP contribution in [0.1, 0.15) is 11.1 Å². The normalized spacial score (nSPS) is 14.9. The van der Waals surface area contributed by atoms with E-state index in [9.17, 15) is 4.79 Å². The average Bonchev–Trinajstić information content (AvgIpc) is 2.46. The molecule has 108 valence electrons. The Morgan fingerprint density at radius 1 is 1.45 bits per heavy atom. The fraction of sp³-hybridized carbons (Fsp3) is 0.429. The molecule has 0 bridgehead atoms. The lowest BCUT2D eigenvalue weighted by Crippen LogP contribution is -2.43. The van der Waals surface area contributed by atoms with Crippen LogP contribution in [0.25, 0.3) is 0 Å². The molecule has 20 heavy (non-hydrogen) atoms. The van der Waals surface area contributed by atoms with E-state index >= 15 is 0 Å². The molecule has 1 fully saturated rings. The topological polar surface area (TPSA) is 64.8 Å². The molecule has 0 saturated carbocycles. The molecule has 1 aromatic carbocycles. The van der Waals surface area contributed by atoms with E-state index in [0.29, 0.717) is 37.0 Å². The van der Waals surface area contributed by atoms with E-state index < -0.39 is 0 Å². The first-order valence-electron chi connectivity index (χ1n) is 6.46. The van der Waals surface area contributed by atoms with Crippen LogP contribution < -0.4 is 10.5 Å². The van der Waals surface area contributed by atoms with Crippen LogP contribution in [0.2, 0.25) is 0 Å². The van der Waals surface area contributed by atoms with Gasteiger partial charge in [0.05, 0.1) is 13.2 Å². The molecule has 0 atom stereocenters. The van der Waals surface area contributed by atoms with Gasteiger partial charge in [-0.25, -0.2) is 0 Å². The number of nitrogens with zero attached hydrogens (tertiary/aromatic N) is 1. The lowest BCUT2D eigenvalue weighted by molar-refractivity contribution is -0.137. The summed E-state index contributed by atoms with van der Waals surface area (Å²) in [5.74, 6) is 0.602. The summed E-state index contributed by atoms with van der Waals surface area (Å²) in [7, 11) is 0. The molecule has 1 aliphatic rings. The maximum Gasteiger partial charge on any atom is 0.260 e. The number of thiocarbonyl (C=S) groups is 1. The monoisotopic (exact) mass is 294 g/mol. The Balaban J connectivity index is 1.97. The molecular weight excluding hydrogens is 276 g/mol. The van der Waals surface area contributed by atoms with Gasteiger partial charge in [0, 0.05) is 18.7 Å². The number of ether oxygens (including phenoxy) is 2. The summed E-state index contributed by atoms with van der Waals surface area (Å²) < 4.78 is 10.8. The Bertz CT molecular complexity index is 513. The molecular formula is C14H18N2O3S. The van der Waals surface area contributed by atoms with Crippen molar-refractivity contribution in [3.8, 4) is 5.75 Å². The van der Waals surface area contributed by atoms with Crippen molar-refractivity contribution < 1.29 is 14.3 Å². The Morgan fingerprint density at radius 3 is 2.80 bits per heavy atom. The number of hydrogen-bond donors (Lipinski definition) is 1. The number of carbonyl (C=O) groups is 1. The van der Waals surface area contributed by atoms with Crippen molar-refractivity contribution >= 4 is 23.1 Å². The van der Waals surface area contributed by atoms with Gasteiger partial charge in [-0.15, -0.1) is 0 Å². The number of nitrogens with two attached hydrogens (primary N) is 1. The Morgan fingerprint density at radius 2 is 2.15 bits per heavy atom. The van der Waals surface area contributed by atoms with Crippen molar-refractivity contribution in [2.24, 2.45) is 5.73 Å². The fourth-order valence-corrected chi connectivity index (χ4v) is 2.08. The molecule has 0 spiro atoms. The predicted molar refractivity (Wildman–Crippen MR) is 80.0 cm³/mol. The predicted octanol–water partition coefficient (Wildman–Crippen LogP) is 0.867. The molecule has 2 rings (SSSR count). The van der Waals surface area contributed by atoms with E-state index in [1.54, 1.807) is 11.0 Å². The molecule has 0 unspecified atom stereocenters. The quantitative estimate of drug-likeness (QED) is 0.835. The number of hydrogen-bond acceptors (Lipinski definition) is 4. The van der Waals surface area contributed by atoms with Crippen LogP contribution >= 0.6 is 12.2 Å². The molecule has 0 radical (unpaired) electrons. The van der Waals surface area contributed by atoms with Gasteiger partial charge in [-0.1, -0.05) is 24.4 Å². The first-order valence-corrected chi connectivity index (χ1v) is 6.87. The zero-order chi connectivity index (χ0) is 14.5. The van der Waals surface area contributed by atoms with Crippen molar-refractivity contribution in [3.05, 3.63) is 29.3 Å². The molecule has 1 aromatic rings. The second-order valence-electron chi connectivity index (χ2n) is 4.63. The number of carbonyl (C=O) groups excluding carboxylic acids is 1. The minimum absolute atomic E-state index is 0.0155. The molecule has 5 nitrogen and oxygen atoms in total. The standard InChI is InChI=1S/C14H18N2O3S/c1-10-2-3-11(14(15)20)8-12(10)19-9-13(17)16-4-6-18-7-5-16/h2-3,8H,4-7,9H2,1H3,(H2,15,20). The molecule has 0 aromatic heterocycles. The van der Waals surface area contributed by atoms with Crippen LogP contribution in [0.4, 0.5) is 0 Å². The molecule has 2 N–H and O–H groups in total. The first-order chi connectivity index (χ1) is 9.58. The van der Waals surface area contributed by atoms with Gasteiger partial charge in [0.15, 0.2) is 6.61 Å². The smallest absolute Gasteiger partial charge is 0.260 e. The van der Waals surface area contributed by atoms with E-state index in [1.807, 2.05) is 19.1 Å². The minimum Gasteiger partial charge on any atom is -0.483 e. The van der Waals surface area contributed by atoms with E-state index in [0.717, 1.165) is 11.1 Å². The van der Waals surface area contributed by atoms with E-state index in [1.165, 1.54) is 0 Å². The lowest BCUT2D eigenvalue weighted by Gasteiger charge is -2.26. The van der Waals surface area contributed by atoms with Gasteiger partial charge in [0.25, 0.3) is 5.91 Å². The summed E-state index contributed by atoms with van der Waals surface area (Å²) in [6.45, 7) is 4.34. The molecule has 1 amide bonds. The summed E-state index contributed by atoms with van der Waals surface area (Å²) in [5.41, 5.74) is 7.27. The van der Waals surface area contributed by atoms with Crippen LogP contribution in [0.3, 0.4) is 0 Å². The average molecular weight is 294 g/mol. The van der Waals surface area contributed by atoms with Crippen molar-refractivity contribution in [1.82, 2.24) is 4.90 Å². The summed E-state index contributed by atoms with van der Waals surface area (Å²) in [5, 5.41) is 0. The van der Waals surface area contributed by atoms with Crippen molar-refractivity contribution in [2.75, 3.05) is 32.9 Å². The van der Waals surface area contributed by atoms with Crippen molar-refractivity contribution in [2.45, 2.75) is 6.92 Å². The molecule has 1 heterocycles. The van der Waals surface area contributed by atoms with Gasteiger partial charge in [0.2, 0.25) is 0 Å². The summed E-state index contributed by atoms with van der Waals surface area (Å²) in [6.07, 6.45) is 0. The number of morpholine rings is 1. The van der Waals surface area contributed by atoms with Gasteiger partial charge < -0.3 is 20.1 Å². The largest absolute Gasteiger partial charge is 0.483 e. The molecule has 1 saturated heterocycles. The molecule has 1 aliphatic heterocycles. The summed E-state index contributed by atoms with van der Waals surface area (Å²) in [6, 6.07) is 5.49. The Hall–Kier alpha value is -1.66. The minimum atomic E-state index is -0.0339. The fourth-order valence-electron chi connectivity index (χ4n) is 1.95. The van der Waals surface area contributed by atoms with Gasteiger partial charge in [-0.2, -0.15) is 0 Å². The second kappa shape index (κ2) is 6.67. The number of aryl methyl sites for hydroxylation is 1. The SMILES string of the molecule is Cc1ccc(C(N)=S)cc1OCC(=O)N1CCOCC1. The van der Waals surface area contributed by atoms with Crippen LogP contribution in [0, 0.1) is 6.92 Å². The zero-order valence-corrected chi connectivity index (χ0v) is 12.2. The van der Waals surface area contributed by atoms with Gasteiger partial charge in [-0.3, -0.25) is 4.79 Å². The highest BCUT2D eigenvalue weighted by Gasteiger charge is 2.17. The lowest BCUT2D eigenvalue weighted by atomic mass is 10.1. The highest BCUT2D eigenvalue weighted by atomic mass is 32.1. The first kappa shape index (κ1) is 14.7. The zero-order valence-electron chi connectivity index (χ0n) is 11.4. The molecule has 0 aliphatic carbocycles. The summed E-state index contributed by atoms with van der Waals surface area (Å²) >= 11 is 4.94. The number of rotatable bonds is 4.